The second kappa shape index (κ2) is 6.82. The number of aromatic nitrogens is 2. The molecule has 1 aromatic carbocycles. The molecule has 2 aliphatic heterocycles. The molecule has 3 aliphatic rings. The van der Waals surface area contributed by atoms with Crippen molar-refractivity contribution in [2.75, 3.05) is 18.0 Å². The van der Waals surface area contributed by atoms with Crippen molar-refractivity contribution < 1.29 is 13.6 Å². The lowest BCUT2D eigenvalue weighted by molar-refractivity contribution is -0.129. The third kappa shape index (κ3) is 3.11. The zero-order valence-corrected chi connectivity index (χ0v) is 16.9. The van der Waals surface area contributed by atoms with Crippen molar-refractivity contribution in [2.24, 2.45) is 0 Å². The molecule has 0 saturated heterocycles. The van der Waals surface area contributed by atoms with E-state index in [0.717, 1.165) is 61.3 Å². The van der Waals surface area contributed by atoms with Crippen LogP contribution in [-0.2, 0) is 24.2 Å². The average molecular weight is 400 g/mol. The van der Waals surface area contributed by atoms with Crippen LogP contribution in [0.5, 0.6) is 0 Å². The minimum Gasteiger partial charge on any atom is -0.338 e. The molecule has 0 bridgehead atoms. The van der Waals surface area contributed by atoms with Gasteiger partial charge in [0.2, 0.25) is 5.91 Å². The SMILES string of the molecule is CC(=O)N1CCc2c(c(N3CCCc4cc(C)c(C(F)F)cc43)nn2C2CC2)C1. The first-order valence-electron chi connectivity index (χ1n) is 10.5. The molecule has 0 N–H and O–H groups in total. The Balaban J connectivity index is 1.62. The molecule has 2 aromatic rings. The van der Waals surface area contributed by atoms with Crippen LogP contribution in [0.1, 0.15) is 66.6 Å². The van der Waals surface area contributed by atoms with Gasteiger partial charge in [0.25, 0.3) is 6.43 Å². The molecule has 5 nitrogen and oxygen atoms in total. The first kappa shape index (κ1) is 18.6. The predicted molar refractivity (Wildman–Crippen MR) is 107 cm³/mol. The first-order chi connectivity index (χ1) is 13.9. The van der Waals surface area contributed by atoms with E-state index >= 15 is 0 Å². The molecule has 1 fully saturated rings. The summed E-state index contributed by atoms with van der Waals surface area (Å²) in [6, 6.07) is 4.01. The lowest BCUT2D eigenvalue weighted by atomic mass is 9.95. The van der Waals surface area contributed by atoms with Crippen molar-refractivity contribution in [3.63, 3.8) is 0 Å². The number of hydrogen-bond donors (Lipinski definition) is 0. The van der Waals surface area contributed by atoms with Gasteiger partial charge in [-0.15, -0.1) is 0 Å². The van der Waals surface area contributed by atoms with Gasteiger partial charge in [-0.25, -0.2) is 8.78 Å². The highest BCUT2D eigenvalue weighted by molar-refractivity contribution is 5.75. The molecule has 154 valence electrons. The number of anilines is 2. The van der Waals surface area contributed by atoms with Crippen molar-refractivity contribution in [3.05, 3.63) is 40.1 Å². The second-order valence-corrected chi connectivity index (χ2v) is 8.51. The summed E-state index contributed by atoms with van der Waals surface area (Å²) in [4.78, 5) is 16.0. The fraction of sp³-hybridized carbons (Fsp3) is 0.545. The van der Waals surface area contributed by atoms with E-state index in [1.807, 2.05) is 11.0 Å². The topological polar surface area (TPSA) is 41.4 Å². The van der Waals surface area contributed by atoms with Gasteiger partial charge in [-0.05, 0) is 49.8 Å². The van der Waals surface area contributed by atoms with Gasteiger partial charge in [-0.2, -0.15) is 5.10 Å². The van der Waals surface area contributed by atoms with Crippen LogP contribution in [0.15, 0.2) is 12.1 Å². The van der Waals surface area contributed by atoms with Crippen LogP contribution < -0.4 is 4.90 Å². The number of rotatable bonds is 3. The second-order valence-electron chi connectivity index (χ2n) is 8.51. The van der Waals surface area contributed by atoms with Crippen molar-refractivity contribution in [3.8, 4) is 0 Å². The summed E-state index contributed by atoms with van der Waals surface area (Å²) in [5.41, 5.74) is 5.00. The maximum Gasteiger partial charge on any atom is 0.264 e. The Labute approximate surface area is 169 Å². The van der Waals surface area contributed by atoms with E-state index in [0.29, 0.717) is 24.7 Å². The Hall–Kier alpha value is -2.44. The summed E-state index contributed by atoms with van der Waals surface area (Å²) in [5, 5.41) is 4.98. The lowest BCUT2D eigenvalue weighted by Gasteiger charge is -2.33. The summed E-state index contributed by atoms with van der Waals surface area (Å²) >= 11 is 0. The van der Waals surface area contributed by atoms with Crippen molar-refractivity contribution in [1.29, 1.82) is 0 Å². The molecule has 0 atom stereocenters. The zero-order valence-electron chi connectivity index (χ0n) is 16.9. The number of carbonyl (C=O) groups is 1. The number of carbonyl (C=O) groups excluding carboxylic acids is 1. The lowest BCUT2D eigenvalue weighted by Crippen LogP contribution is -2.35. The van der Waals surface area contributed by atoms with Gasteiger partial charge in [-0.1, -0.05) is 6.07 Å². The molecular formula is C22H26F2N4O. The predicted octanol–water partition coefficient (Wildman–Crippen LogP) is 4.45. The molecule has 0 unspecified atom stereocenters. The Bertz CT molecular complexity index is 980. The van der Waals surface area contributed by atoms with Crippen LogP contribution in [0, 0.1) is 6.92 Å². The van der Waals surface area contributed by atoms with E-state index in [-0.39, 0.29) is 11.5 Å². The van der Waals surface area contributed by atoms with Crippen LogP contribution in [0.3, 0.4) is 0 Å². The minimum atomic E-state index is -2.49. The normalized spacial score (nSPS) is 18.8. The van der Waals surface area contributed by atoms with Crippen molar-refractivity contribution >= 4 is 17.4 Å². The van der Waals surface area contributed by atoms with E-state index in [9.17, 15) is 13.6 Å². The van der Waals surface area contributed by atoms with Crippen molar-refractivity contribution in [2.45, 2.75) is 65.0 Å². The molecule has 3 heterocycles. The van der Waals surface area contributed by atoms with Crippen LogP contribution in [0.25, 0.3) is 0 Å². The molecule has 0 radical (unpaired) electrons. The van der Waals surface area contributed by atoms with Crippen LogP contribution >= 0.6 is 0 Å². The fourth-order valence-corrected chi connectivity index (χ4v) is 4.76. The quantitative estimate of drug-likeness (QED) is 0.764. The highest BCUT2D eigenvalue weighted by Gasteiger charge is 2.35. The van der Waals surface area contributed by atoms with E-state index in [4.69, 9.17) is 5.10 Å². The van der Waals surface area contributed by atoms with E-state index in [1.54, 1.807) is 19.9 Å². The van der Waals surface area contributed by atoms with Crippen LogP contribution in [0.2, 0.25) is 0 Å². The molecule has 7 heteroatoms. The Kier molecular flexibility index (Phi) is 4.37. The molecule has 1 amide bonds. The summed E-state index contributed by atoms with van der Waals surface area (Å²) < 4.78 is 29.3. The summed E-state index contributed by atoms with van der Waals surface area (Å²) in [7, 11) is 0. The number of fused-ring (bicyclic) bond motifs is 2. The number of nitrogens with zero attached hydrogens (tertiary/aromatic N) is 4. The van der Waals surface area contributed by atoms with Gasteiger partial charge in [-0.3, -0.25) is 9.48 Å². The molecule has 0 spiro atoms. The third-order valence-electron chi connectivity index (χ3n) is 6.48. The maximum atomic E-state index is 13.6. The molecule has 1 aliphatic carbocycles. The van der Waals surface area contributed by atoms with Crippen LogP contribution in [0.4, 0.5) is 20.3 Å². The molecule has 1 saturated carbocycles. The number of alkyl halides is 2. The molecular weight excluding hydrogens is 374 g/mol. The van der Waals surface area contributed by atoms with E-state index in [1.165, 1.54) is 5.69 Å². The van der Waals surface area contributed by atoms with Crippen LogP contribution in [-0.4, -0.2) is 33.7 Å². The number of benzene rings is 1. The highest BCUT2D eigenvalue weighted by atomic mass is 19.3. The third-order valence-corrected chi connectivity index (χ3v) is 6.48. The number of hydrogen-bond acceptors (Lipinski definition) is 3. The van der Waals surface area contributed by atoms with Gasteiger partial charge >= 0.3 is 0 Å². The average Bonchev–Trinajstić information content (AvgIpc) is 3.47. The number of halogens is 2. The standard InChI is InChI=1S/C22H26F2N4O/c1-13-10-15-4-3-8-27(20(15)11-17(13)21(23)24)22-18-12-26(14(2)29)9-7-19(18)28(25-22)16-5-6-16/h10-11,16,21H,3-9,12H2,1-2H3. The number of aryl methyl sites for hydroxylation is 2. The first-order valence-corrected chi connectivity index (χ1v) is 10.5. The summed E-state index contributed by atoms with van der Waals surface area (Å²) in [5.74, 6) is 0.915. The van der Waals surface area contributed by atoms with Gasteiger partial charge in [0.05, 0.1) is 12.6 Å². The highest BCUT2D eigenvalue weighted by Crippen LogP contribution is 2.43. The van der Waals surface area contributed by atoms with Gasteiger partial charge in [0.15, 0.2) is 5.82 Å². The Morgan fingerprint density at radius 2 is 2.00 bits per heavy atom. The monoisotopic (exact) mass is 400 g/mol. The van der Waals surface area contributed by atoms with Gasteiger partial charge in [0, 0.05) is 48.9 Å². The van der Waals surface area contributed by atoms with Gasteiger partial charge < -0.3 is 9.80 Å². The van der Waals surface area contributed by atoms with Crippen molar-refractivity contribution in [1.82, 2.24) is 14.7 Å². The number of amides is 1. The minimum absolute atomic E-state index is 0.0652. The fourth-order valence-electron chi connectivity index (χ4n) is 4.76. The Morgan fingerprint density at radius 1 is 1.21 bits per heavy atom. The van der Waals surface area contributed by atoms with Gasteiger partial charge in [0.1, 0.15) is 0 Å². The summed E-state index contributed by atoms with van der Waals surface area (Å²) in [6.45, 7) is 5.38. The Morgan fingerprint density at radius 3 is 2.69 bits per heavy atom. The smallest absolute Gasteiger partial charge is 0.264 e. The molecule has 29 heavy (non-hydrogen) atoms. The molecule has 5 rings (SSSR count). The zero-order chi connectivity index (χ0) is 20.3. The molecule has 1 aromatic heterocycles. The largest absolute Gasteiger partial charge is 0.338 e. The van der Waals surface area contributed by atoms with E-state index in [2.05, 4.69) is 9.58 Å². The maximum absolute atomic E-state index is 13.6. The summed E-state index contributed by atoms with van der Waals surface area (Å²) in [6.07, 6.45) is 2.43. The van der Waals surface area contributed by atoms with E-state index < -0.39 is 6.43 Å².